The number of hydrogen-bond donors (Lipinski definition) is 1. The van der Waals surface area contributed by atoms with Gasteiger partial charge in [0.15, 0.2) is 11.5 Å². The van der Waals surface area contributed by atoms with E-state index in [0.717, 1.165) is 30.1 Å². The largest absolute Gasteiger partial charge is 0.497 e. The van der Waals surface area contributed by atoms with Gasteiger partial charge in [0.25, 0.3) is 0 Å². The molecule has 0 unspecified atom stereocenters. The lowest BCUT2D eigenvalue weighted by molar-refractivity contribution is 0.194. The molecular formula is C21H27N3O4. The van der Waals surface area contributed by atoms with Crippen LogP contribution in [0.5, 0.6) is 17.2 Å². The average molecular weight is 385 g/mol. The Morgan fingerprint density at radius 1 is 0.929 bits per heavy atom. The van der Waals surface area contributed by atoms with Crippen LogP contribution in [0, 0.1) is 0 Å². The highest BCUT2D eigenvalue weighted by Crippen LogP contribution is 2.27. The monoisotopic (exact) mass is 385 g/mol. The van der Waals surface area contributed by atoms with Gasteiger partial charge in [-0.3, -0.25) is 0 Å². The second kappa shape index (κ2) is 9.21. The summed E-state index contributed by atoms with van der Waals surface area (Å²) >= 11 is 0. The van der Waals surface area contributed by atoms with E-state index < -0.39 is 0 Å². The molecule has 2 aromatic carbocycles. The lowest BCUT2D eigenvalue weighted by Gasteiger charge is -2.36. The molecule has 2 amide bonds. The Kier molecular flexibility index (Phi) is 6.47. The Balaban J connectivity index is 1.51. The van der Waals surface area contributed by atoms with Crippen molar-refractivity contribution in [2.75, 3.05) is 52.4 Å². The predicted molar refractivity (Wildman–Crippen MR) is 109 cm³/mol. The van der Waals surface area contributed by atoms with Crippen LogP contribution in [0.2, 0.25) is 0 Å². The molecule has 150 valence electrons. The van der Waals surface area contributed by atoms with Crippen LogP contribution < -0.4 is 24.4 Å². The van der Waals surface area contributed by atoms with Crippen LogP contribution in [0.3, 0.4) is 0 Å². The zero-order chi connectivity index (χ0) is 19.9. The summed E-state index contributed by atoms with van der Waals surface area (Å²) in [5.41, 5.74) is 2.07. The third-order valence-electron chi connectivity index (χ3n) is 4.88. The number of nitrogens with one attached hydrogen (secondary N) is 1. The topological polar surface area (TPSA) is 63.3 Å². The van der Waals surface area contributed by atoms with Gasteiger partial charge in [-0.15, -0.1) is 0 Å². The molecule has 3 rings (SSSR count). The number of piperazine rings is 1. The van der Waals surface area contributed by atoms with E-state index in [4.69, 9.17) is 14.2 Å². The van der Waals surface area contributed by atoms with Crippen LogP contribution in [-0.2, 0) is 6.54 Å². The van der Waals surface area contributed by atoms with Crippen molar-refractivity contribution in [3.8, 4) is 17.2 Å². The Morgan fingerprint density at radius 2 is 1.68 bits per heavy atom. The van der Waals surface area contributed by atoms with E-state index >= 15 is 0 Å². The van der Waals surface area contributed by atoms with E-state index in [1.54, 1.807) is 21.3 Å². The van der Waals surface area contributed by atoms with E-state index in [9.17, 15) is 4.79 Å². The first-order chi connectivity index (χ1) is 13.6. The Labute approximate surface area is 165 Å². The molecule has 7 nitrogen and oxygen atoms in total. The quantitative estimate of drug-likeness (QED) is 0.828. The van der Waals surface area contributed by atoms with Crippen molar-refractivity contribution in [1.82, 2.24) is 10.2 Å². The summed E-state index contributed by atoms with van der Waals surface area (Å²) in [7, 11) is 4.87. The van der Waals surface area contributed by atoms with Gasteiger partial charge in [0.05, 0.1) is 21.3 Å². The number of benzene rings is 2. The van der Waals surface area contributed by atoms with Crippen molar-refractivity contribution in [3.63, 3.8) is 0 Å². The summed E-state index contributed by atoms with van der Waals surface area (Å²) in [6, 6.07) is 13.6. The van der Waals surface area contributed by atoms with Crippen LogP contribution in [0.25, 0.3) is 0 Å². The lowest BCUT2D eigenvalue weighted by atomic mass is 10.2. The molecule has 0 aromatic heterocycles. The van der Waals surface area contributed by atoms with Gasteiger partial charge < -0.3 is 29.3 Å². The van der Waals surface area contributed by atoms with E-state index in [1.807, 2.05) is 41.3 Å². The standard InChI is InChI=1S/C21H27N3O4/c1-26-18-6-4-5-17(14-18)23-9-11-24(12-10-23)21(25)22-15-16-7-8-19(27-2)20(13-16)28-3/h4-8,13-14H,9-12,15H2,1-3H3,(H,22,25). The van der Waals surface area contributed by atoms with Crippen molar-refractivity contribution >= 4 is 11.7 Å². The summed E-state index contributed by atoms with van der Waals surface area (Å²) in [4.78, 5) is 16.6. The number of carbonyl (C=O) groups excluding carboxylic acids is 1. The number of ether oxygens (including phenoxy) is 3. The van der Waals surface area contributed by atoms with Gasteiger partial charge in [-0.2, -0.15) is 0 Å². The fourth-order valence-electron chi connectivity index (χ4n) is 3.25. The number of urea groups is 1. The maximum absolute atomic E-state index is 12.5. The van der Waals surface area contributed by atoms with Gasteiger partial charge in [-0.05, 0) is 29.8 Å². The predicted octanol–water partition coefficient (Wildman–Crippen LogP) is 2.74. The van der Waals surface area contributed by atoms with Gasteiger partial charge in [0.1, 0.15) is 5.75 Å². The molecule has 0 radical (unpaired) electrons. The highest BCUT2D eigenvalue weighted by Gasteiger charge is 2.21. The lowest BCUT2D eigenvalue weighted by Crippen LogP contribution is -2.51. The molecule has 1 aliphatic rings. The first-order valence-corrected chi connectivity index (χ1v) is 9.27. The van der Waals surface area contributed by atoms with Gasteiger partial charge in [-0.1, -0.05) is 12.1 Å². The second-order valence-electron chi connectivity index (χ2n) is 6.52. The minimum atomic E-state index is -0.0555. The third-order valence-corrected chi connectivity index (χ3v) is 4.88. The number of carbonyl (C=O) groups is 1. The molecule has 1 aliphatic heterocycles. The van der Waals surface area contributed by atoms with E-state index in [2.05, 4.69) is 16.3 Å². The SMILES string of the molecule is COc1cccc(N2CCN(C(=O)NCc3ccc(OC)c(OC)c3)CC2)c1. The molecule has 28 heavy (non-hydrogen) atoms. The van der Waals surface area contributed by atoms with Crippen LogP contribution in [0.1, 0.15) is 5.56 Å². The minimum Gasteiger partial charge on any atom is -0.497 e. The normalized spacial score (nSPS) is 13.8. The first-order valence-electron chi connectivity index (χ1n) is 9.27. The molecule has 0 spiro atoms. The molecule has 1 fully saturated rings. The highest BCUT2D eigenvalue weighted by atomic mass is 16.5. The Bertz CT molecular complexity index is 804. The van der Waals surface area contributed by atoms with E-state index in [0.29, 0.717) is 31.1 Å². The molecule has 0 saturated carbocycles. The van der Waals surface area contributed by atoms with Gasteiger partial charge in [-0.25, -0.2) is 4.79 Å². The fourth-order valence-corrected chi connectivity index (χ4v) is 3.25. The number of anilines is 1. The van der Waals surface area contributed by atoms with Crippen molar-refractivity contribution < 1.29 is 19.0 Å². The van der Waals surface area contributed by atoms with Gasteiger partial charge in [0.2, 0.25) is 0 Å². The summed E-state index contributed by atoms with van der Waals surface area (Å²) in [5, 5.41) is 2.98. The zero-order valence-electron chi connectivity index (χ0n) is 16.6. The van der Waals surface area contributed by atoms with Crippen LogP contribution >= 0.6 is 0 Å². The number of hydrogen-bond acceptors (Lipinski definition) is 5. The fraction of sp³-hybridized carbons (Fsp3) is 0.381. The summed E-state index contributed by atoms with van der Waals surface area (Å²) in [6.45, 7) is 3.37. The van der Waals surface area contributed by atoms with E-state index in [1.165, 1.54) is 0 Å². The molecule has 1 N–H and O–H groups in total. The maximum atomic E-state index is 12.5. The van der Waals surface area contributed by atoms with Crippen molar-refractivity contribution in [1.29, 1.82) is 0 Å². The molecule has 0 atom stereocenters. The molecule has 1 saturated heterocycles. The molecule has 1 heterocycles. The molecule has 2 aromatic rings. The zero-order valence-corrected chi connectivity index (χ0v) is 16.6. The summed E-state index contributed by atoms with van der Waals surface area (Å²) in [5.74, 6) is 2.17. The summed E-state index contributed by atoms with van der Waals surface area (Å²) in [6.07, 6.45) is 0. The van der Waals surface area contributed by atoms with Crippen molar-refractivity contribution in [2.45, 2.75) is 6.54 Å². The number of amides is 2. The second-order valence-corrected chi connectivity index (χ2v) is 6.52. The minimum absolute atomic E-state index is 0.0555. The van der Waals surface area contributed by atoms with E-state index in [-0.39, 0.29) is 6.03 Å². The Hall–Kier alpha value is -3.09. The smallest absolute Gasteiger partial charge is 0.317 e. The Morgan fingerprint density at radius 3 is 2.36 bits per heavy atom. The van der Waals surface area contributed by atoms with Crippen LogP contribution in [-0.4, -0.2) is 58.4 Å². The highest BCUT2D eigenvalue weighted by molar-refractivity contribution is 5.74. The maximum Gasteiger partial charge on any atom is 0.317 e. The molecule has 0 bridgehead atoms. The molecule has 7 heteroatoms. The van der Waals surface area contributed by atoms with Gasteiger partial charge >= 0.3 is 6.03 Å². The number of methoxy groups -OCH3 is 3. The van der Waals surface area contributed by atoms with Crippen LogP contribution in [0.4, 0.5) is 10.5 Å². The molecular weight excluding hydrogens is 358 g/mol. The molecule has 0 aliphatic carbocycles. The first kappa shape index (κ1) is 19.7. The number of rotatable bonds is 6. The third kappa shape index (κ3) is 4.60. The van der Waals surface area contributed by atoms with Crippen molar-refractivity contribution in [3.05, 3.63) is 48.0 Å². The summed E-state index contributed by atoms with van der Waals surface area (Å²) < 4.78 is 15.8. The van der Waals surface area contributed by atoms with Gasteiger partial charge in [0, 0.05) is 44.5 Å². The number of nitrogens with zero attached hydrogens (tertiary/aromatic N) is 2. The van der Waals surface area contributed by atoms with Crippen LogP contribution in [0.15, 0.2) is 42.5 Å². The van der Waals surface area contributed by atoms with Crippen molar-refractivity contribution in [2.24, 2.45) is 0 Å². The average Bonchev–Trinajstić information content (AvgIpc) is 2.77.